The van der Waals surface area contributed by atoms with Crippen LogP contribution in [0.25, 0.3) is 0 Å². The van der Waals surface area contributed by atoms with E-state index in [4.69, 9.17) is 4.74 Å². The molecule has 1 fully saturated rings. The number of nitrogens with one attached hydrogen (secondary N) is 1. The first-order chi connectivity index (χ1) is 9.85. The van der Waals surface area contributed by atoms with E-state index in [0.29, 0.717) is 12.5 Å². The van der Waals surface area contributed by atoms with Gasteiger partial charge in [0.15, 0.2) is 0 Å². The Morgan fingerprint density at radius 1 is 1.40 bits per heavy atom. The number of hydrogen-bond acceptors (Lipinski definition) is 4. The molecule has 0 aromatic heterocycles. The molecule has 1 aromatic carbocycles. The number of ether oxygens (including phenoxy) is 1. The zero-order valence-corrected chi connectivity index (χ0v) is 12.0. The average Bonchev–Trinajstić information content (AvgIpc) is 2.72. The summed E-state index contributed by atoms with van der Waals surface area (Å²) in [5.74, 6) is 1.47. The number of benzene rings is 1. The van der Waals surface area contributed by atoms with Gasteiger partial charge in [0.1, 0.15) is 12.4 Å². The number of nitrogens with zero attached hydrogens (tertiary/aromatic N) is 1. The van der Waals surface area contributed by atoms with Crippen molar-refractivity contribution in [1.29, 1.82) is 0 Å². The molecule has 0 saturated carbocycles. The number of aliphatic hydroxyl groups is 1. The van der Waals surface area contributed by atoms with Crippen molar-refractivity contribution in [2.75, 3.05) is 32.8 Å². The van der Waals surface area contributed by atoms with Crippen molar-refractivity contribution in [3.63, 3.8) is 0 Å². The smallest absolute Gasteiger partial charge is 0.123 e. The normalized spacial score (nSPS) is 23.8. The zero-order valence-electron chi connectivity index (χ0n) is 12.0. The molecule has 4 heteroatoms. The van der Waals surface area contributed by atoms with E-state index < -0.39 is 0 Å². The molecule has 1 atom stereocenters. The number of fused-ring (bicyclic) bond motifs is 1. The van der Waals surface area contributed by atoms with Crippen LogP contribution in [0.5, 0.6) is 5.75 Å². The van der Waals surface area contributed by atoms with Crippen molar-refractivity contribution in [1.82, 2.24) is 10.2 Å². The van der Waals surface area contributed by atoms with E-state index in [1.54, 1.807) is 0 Å². The molecule has 1 aromatic rings. The Labute approximate surface area is 120 Å². The topological polar surface area (TPSA) is 44.7 Å². The van der Waals surface area contributed by atoms with Crippen molar-refractivity contribution in [3.05, 3.63) is 29.3 Å². The van der Waals surface area contributed by atoms with Crippen LogP contribution in [0.15, 0.2) is 18.2 Å². The average molecular weight is 276 g/mol. The van der Waals surface area contributed by atoms with Gasteiger partial charge in [-0.15, -0.1) is 0 Å². The highest BCUT2D eigenvalue weighted by molar-refractivity contribution is 5.37. The van der Waals surface area contributed by atoms with E-state index >= 15 is 0 Å². The van der Waals surface area contributed by atoms with E-state index in [1.165, 1.54) is 17.5 Å². The second-order valence-electron chi connectivity index (χ2n) is 5.89. The summed E-state index contributed by atoms with van der Waals surface area (Å²) in [4.78, 5) is 2.46. The Bertz CT molecular complexity index is 450. The SMILES string of the molecule is OCC1CCCN(Cc2ccc3c(c2)CNCCO3)C1. The van der Waals surface area contributed by atoms with Crippen molar-refractivity contribution >= 4 is 0 Å². The van der Waals surface area contributed by atoms with Crippen molar-refractivity contribution < 1.29 is 9.84 Å². The zero-order chi connectivity index (χ0) is 13.8. The van der Waals surface area contributed by atoms with Crippen molar-refractivity contribution in [2.45, 2.75) is 25.9 Å². The molecular formula is C16H24N2O2. The molecule has 0 radical (unpaired) electrons. The van der Waals surface area contributed by atoms with Crippen molar-refractivity contribution in [3.8, 4) is 5.75 Å². The van der Waals surface area contributed by atoms with Gasteiger partial charge >= 0.3 is 0 Å². The molecule has 110 valence electrons. The summed E-state index contributed by atoms with van der Waals surface area (Å²) in [5, 5.41) is 12.7. The number of rotatable bonds is 3. The lowest BCUT2D eigenvalue weighted by Crippen LogP contribution is -2.36. The van der Waals surface area contributed by atoms with E-state index in [1.807, 2.05) is 0 Å². The van der Waals surface area contributed by atoms with Gasteiger partial charge in [0.2, 0.25) is 0 Å². The summed E-state index contributed by atoms with van der Waals surface area (Å²) in [6.45, 7) is 6.00. The first-order valence-corrected chi connectivity index (χ1v) is 7.63. The molecular weight excluding hydrogens is 252 g/mol. The maximum absolute atomic E-state index is 9.31. The Morgan fingerprint density at radius 2 is 2.35 bits per heavy atom. The predicted molar refractivity (Wildman–Crippen MR) is 78.7 cm³/mol. The monoisotopic (exact) mass is 276 g/mol. The van der Waals surface area contributed by atoms with E-state index in [9.17, 15) is 5.11 Å². The Hall–Kier alpha value is -1.10. The lowest BCUT2D eigenvalue weighted by atomic mass is 9.98. The van der Waals surface area contributed by atoms with Gasteiger partial charge in [-0.1, -0.05) is 6.07 Å². The van der Waals surface area contributed by atoms with Crippen LogP contribution in [0.3, 0.4) is 0 Å². The molecule has 0 bridgehead atoms. The number of hydrogen-bond donors (Lipinski definition) is 2. The van der Waals surface area contributed by atoms with Gasteiger partial charge in [-0.25, -0.2) is 0 Å². The van der Waals surface area contributed by atoms with Crippen LogP contribution in [0.2, 0.25) is 0 Å². The minimum absolute atomic E-state index is 0.318. The molecule has 1 saturated heterocycles. The molecule has 1 unspecified atom stereocenters. The summed E-state index contributed by atoms with van der Waals surface area (Å²) in [6.07, 6.45) is 2.36. The van der Waals surface area contributed by atoms with Gasteiger partial charge in [0.05, 0.1) is 0 Å². The standard InChI is InChI=1S/C16H24N2O2/c19-12-14-2-1-6-18(11-14)10-13-3-4-16-15(8-13)9-17-5-7-20-16/h3-4,8,14,17,19H,1-2,5-7,9-12H2. The first-order valence-electron chi connectivity index (χ1n) is 7.63. The van der Waals surface area contributed by atoms with Crippen LogP contribution >= 0.6 is 0 Å². The number of aliphatic hydroxyl groups excluding tert-OH is 1. The van der Waals surface area contributed by atoms with Gasteiger partial charge in [-0.3, -0.25) is 4.90 Å². The third-order valence-electron chi connectivity index (χ3n) is 4.24. The highest BCUT2D eigenvalue weighted by atomic mass is 16.5. The highest BCUT2D eigenvalue weighted by Gasteiger charge is 2.19. The molecule has 3 rings (SSSR count). The fraction of sp³-hybridized carbons (Fsp3) is 0.625. The Morgan fingerprint density at radius 3 is 3.25 bits per heavy atom. The molecule has 4 nitrogen and oxygen atoms in total. The van der Waals surface area contributed by atoms with Crippen LogP contribution in [0.4, 0.5) is 0 Å². The molecule has 0 spiro atoms. The number of likely N-dealkylation sites (tertiary alicyclic amines) is 1. The minimum Gasteiger partial charge on any atom is -0.492 e. The van der Waals surface area contributed by atoms with Gasteiger partial charge < -0.3 is 15.2 Å². The minimum atomic E-state index is 0.318. The Kier molecular flexibility index (Phi) is 4.55. The highest BCUT2D eigenvalue weighted by Crippen LogP contribution is 2.24. The lowest BCUT2D eigenvalue weighted by Gasteiger charge is -2.31. The molecule has 2 N–H and O–H groups in total. The van der Waals surface area contributed by atoms with Crippen LogP contribution in [0, 0.1) is 5.92 Å². The summed E-state index contributed by atoms with van der Waals surface area (Å²) in [7, 11) is 0. The quantitative estimate of drug-likeness (QED) is 0.875. The lowest BCUT2D eigenvalue weighted by molar-refractivity contribution is 0.116. The maximum atomic E-state index is 9.31. The fourth-order valence-electron chi connectivity index (χ4n) is 3.17. The molecule has 20 heavy (non-hydrogen) atoms. The van der Waals surface area contributed by atoms with Crippen LogP contribution in [0.1, 0.15) is 24.0 Å². The van der Waals surface area contributed by atoms with Crippen LogP contribution in [-0.4, -0.2) is 42.9 Å². The molecule has 0 amide bonds. The number of piperidine rings is 1. The maximum Gasteiger partial charge on any atom is 0.123 e. The van der Waals surface area contributed by atoms with Gasteiger partial charge in [-0.05, 0) is 43.0 Å². The molecule has 2 aliphatic rings. The van der Waals surface area contributed by atoms with E-state index in [2.05, 4.69) is 28.4 Å². The van der Waals surface area contributed by atoms with Gasteiger partial charge in [-0.2, -0.15) is 0 Å². The third kappa shape index (κ3) is 3.32. The molecule has 0 aliphatic carbocycles. The summed E-state index contributed by atoms with van der Waals surface area (Å²) in [5.41, 5.74) is 2.60. The summed E-state index contributed by atoms with van der Waals surface area (Å²) < 4.78 is 5.72. The van der Waals surface area contributed by atoms with Crippen LogP contribution < -0.4 is 10.1 Å². The van der Waals surface area contributed by atoms with E-state index in [0.717, 1.165) is 51.5 Å². The third-order valence-corrected chi connectivity index (χ3v) is 4.24. The van der Waals surface area contributed by atoms with Gasteiger partial charge in [0, 0.05) is 38.3 Å². The summed E-state index contributed by atoms with van der Waals surface area (Å²) in [6, 6.07) is 6.54. The Balaban J connectivity index is 1.66. The van der Waals surface area contributed by atoms with Crippen LogP contribution in [-0.2, 0) is 13.1 Å². The predicted octanol–water partition coefficient (Wildman–Crippen LogP) is 1.37. The fourth-order valence-corrected chi connectivity index (χ4v) is 3.17. The second kappa shape index (κ2) is 6.57. The van der Waals surface area contributed by atoms with E-state index in [-0.39, 0.29) is 0 Å². The molecule has 2 aliphatic heterocycles. The first kappa shape index (κ1) is 13.9. The second-order valence-corrected chi connectivity index (χ2v) is 5.89. The molecule has 2 heterocycles. The largest absolute Gasteiger partial charge is 0.492 e. The van der Waals surface area contributed by atoms with Gasteiger partial charge in [0.25, 0.3) is 0 Å². The van der Waals surface area contributed by atoms with Crippen molar-refractivity contribution in [2.24, 2.45) is 5.92 Å². The summed E-state index contributed by atoms with van der Waals surface area (Å²) >= 11 is 0.